The molecule has 4 aromatic heterocycles. The summed E-state index contributed by atoms with van der Waals surface area (Å²) in [4.78, 5) is 55.4. The second-order valence-corrected chi connectivity index (χ2v) is 15.9. The molecule has 58 heavy (non-hydrogen) atoms. The number of hydrogen-bond donors (Lipinski definition) is 1. The predicted octanol–water partition coefficient (Wildman–Crippen LogP) is 5.52. The number of carbonyl (C=O) groups excluding carboxylic acids is 1. The van der Waals surface area contributed by atoms with E-state index in [0.29, 0.717) is 114 Å². The van der Waals surface area contributed by atoms with E-state index >= 15 is 0 Å². The molecule has 2 aromatic carbocycles. The number of hydrogen-bond acceptors (Lipinski definition) is 9. The number of halogens is 2. The molecular weight excluding hydrogens is 783 g/mol. The number of aryl methyl sites for hydroxylation is 2. The Kier molecular flexibility index (Phi) is 11.0. The lowest BCUT2D eigenvalue weighted by molar-refractivity contribution is -0.147. The summed E-state index contributed by atoms with van der Waals surface area (Å²) in [5, 5.41) is 19.7. The lowest BCUT2D eigenvalue weighted by Crippen LogP contribution is -2.32. The van der Waals surface area contributed by atoms with Crippen molar-refractivity contribution in [3.05, 3.63) is 103 Å². The minimum atomic E-state index is -0.783. The van der Waals surface area contributed by atoms with Crippen LogP contribution in [0.3, 0.4) is 0 Å². The van der Waals surface area contributed by atoms with Crippen LogP contribution in [0.25, 0.3) is 44.7 Å². The minimum absolute atomic E-state index is 0.139. The van der Waals surface area contributed by atoms with Gasteiger partial charge in [0.15, 0.2) is 0 Å². The SMILES string of the molecule is CCOC(=O)[C@H]1CCN(CCn2c(C)cn3nc(-c4cccc(-c5cccc(-c6cc7c(=O)n(CCN8CC[C@H](C(=O)O)C8)c(C)cn7n6)c5Cl)c4Cl)cc3c2=O)C1. The molecule has 6 aromatic rings. The predicted molar refractivity (Wildman–Crippen MR) is 222 cm³/mol. The summed E-state index contributed by atoms with van der Waals surface area (Å²) >= 11 is 14.3. The standard InChI is InChI=1S/C42H44Cl2N8O6/c1-4-58-42(57)28-12-14-48(24-28)16-18-50-26(3)22-52-36(40(50)54)20-34(46-52)32-10-6-8-30(38(32)44)29-7-5-9-31(37(29)43)33-19-35-39(53)49(25(2)21-51(35)45-33)17-15-47-13-11-27(23-47)41(55)56/h5-10,19-22,27-28H,4,11-18,23-24H2,1-3H3,(H,55,56)/t27-,28-/m0/s1. The highest BCUT2D eigenvalue weighted by Crippen LogP contribution is 2.42. The summed E-state index contributed by atoms with van der Waals surface area (Å²) in [7, 11) is 0. The van der Waals surface area contributed by atoms with Crippen molar-refractivity contribution in [1.82, 2.24) is 38.2 Å². The maximum absolute atomic E-state index is 13.8. The molecule has 0 bridgehead atoms. The summed E-state index contributed by atoms with van der Waals surface area (Å²) < 4.78 is 11.8. The molecule has 0 spiro atoms. The molecule has 2 atom stereocenters. The molecule has 302 valence electrons. The number of benzene rings is 2. The molecule has 0 radical (unpaired) electrons. The van der Waals surface area contributed by atoms with Crippen molar-refractivity contribution in [2.24, 2.45) is 11.8 Å². The van der Waals surface area contributed by atoms with Gasteiger partial charge < -0.3 is 28.8 Å². The van der Waals surface area contributed by atoms with Crippen LogP contribution in [0.15, 0.2) is 70.5 Å². The first-order chi connectivity index (χ1) is 27.9. The van der Waals surface area contributed by atoms with Gasteiger partial charge in [-0.1, -0.05) is 59.6 Å². The molecule has 16 heteroatoms. The smallest absolute Gasteiger partial charge is 0.310 e. The number of ether oxygens (including phenoxy) is 1. The fourth-order valence-corrected chi connectivity index (χ4v) is 8.95. The van der Waals surface area contributed by atoms with E-state index in [2.05, 4.69) is 9.80 Å². The van der Waals surface area contributed by atoms with E-state index in [-0.39, 0.29) is 28.9 Å². The summed E-state index contributed by atoms with van der Waals surface area (Å²) in [5.41, 5.74) is 5.57. The van der Waals surface area contributed by atoms with Crippen LogP contribution in [-0.4, -0.2) is 101 Å². The number of carboxylic acid groups (broad SMARTS) is 1. The van der Waals surface area contributed by atoms with E-state index in [9.17, 15) is 24.3 Å². The zero-order valence-electron chi connectivity index (χ0n) is 32.5. The van der Waals surface area contributed by atoms with Crippen LogP contribution in [0.2, 0.25) is 10.0 Å². The zero-order valence-corrected chi connectivity index (χ0v) is 34.0. The third-order valence-electron chi connectivity index (χ3n) is 11.5. The Hall–Kier alpha value is -5.28. The van der Waals surface area contributed by atoms with Crippen LogP contribution >= 0.6 is 23.2 Å². The quantitative estimate of drug-likeness (QED) is 0.156. The molecule has 2 aliphatic rings. The van der Waals surface area contributed by atoms with Crippen LogP contribution in [-0.2, 0) is 27.4 Å². The van der Waals surface area contributed by atoms with Gasteiger partial charge in [-0.2, -0.15) is 10.2 Å². The van der Waals surface area contributed by atoms with E-state index in [4.69, 9.17) is 38.1 Å². The van der Waals surface area contributed by atoms with E-state index in [1.54, 1.807) is 30.3 Å². The van der Waals surface area contributed by atoms with Gasteiger partial charge in [0.2, 0.25) is 0 Å². The molecule has 0 aliphatic carbocycles. The van der Waals surface area contributed by atoms with Crippen molar-refractivity contribution >= 4 is 46.2 Å². The highest BCUT2D eigenvalue weighted by atomic mass is 35.5. The van der Waals surface area contributed by atoms with Crippen LogP contribution in [0.1, 0.15) is 31.2 Å². The second-order valence-electron chi connectivity index (χ2n) is 15.2. The average Bonchev–Trinajstić information content (AvgIpc) is 4.02. The molecule has 2 saturated heterocycles. The molecule has 6 heterocycles. The third kappa shape index (κ3) is 7.45. The largest absolute Gasteiger partial charge is 0.481 e. The third-order valence-corrected chi connectivity index (χ3v) is 12.3. The lowest BCUT2D eigenvalue weighted by atomic mass is 9.98. The topological polar surface area (TPSA) is 149 Å². The van der Waals surface area contributed by atoms with Crippen molar-refractivity contribution in [1.29, 1.82) is 0 Å². The molecule has 2 fully saturated rings. The van der Waals surface area contributed by atoms with Gasteiger partial charge in [0.05, 0.1) is 39.9 Å². The highest BCUT2D eigenvalue weighted by Gasteiger charge is 2.30. The molecule has 0 amide bonds. The van der Waals surface area contributed by atoms with Crippen molar-refractivity contribution in [2.75, 3.05) is 45.9 Å². The molecule has 0 saturated carbocycles. The number of rotatable bonds is 12. The molecule has 0 unspecified atom stereocenters. The van der Waals surface area contributed by atoms with Crippen molar-refractivity contribution in [3.63, 3.8) is 0 Å². The van der Waals surface area contributed by atoms with E-state index in [0.717, 1.165) is 24.4 Å². The van der Waals surface area contributed by atoms with Crippen molar-refractivity contribution in [3.8, 4) is 33.6 Å². The van der Waals surface area contributed by atoms with Gasteiger partial charge in [-0.15, -0.1) is 0 Å². The van der Waals surface area contributed by atoms with Gasteiger partial charge in [0, 0.05) is 85.3 Å². The fraction of sp³-hybridized carbons (Fsp3) is 0.381. The Morgan fingerprint density at radius 2 is 1.17 bits per heavy atom. The number of nitrogens with zero attached hydrogens (tertiary/aromatic N) is 8. The molecular formula is C42H44Cl2N8O6. The maximum atomic E-state index is 13.8. The van der Waals surface area contributed by atoms with Crippen molar-refractivity contribution < 1.29 is 19.4 Å². The summed E-state index contributed by atoms with van der Waals surface area (Å²) in [5.74, 6) is -1.46. The number of aromatic nitrogens is 6. The molecule has 8 rings (SSSR count). The summed E-state index contributed by atoms with van der Waals surface area (Å²) in [6, 6.07) is 14.7. The second kappa shape index (κ2) is 16.2. The first-order valence-corrected chi connectivity index (χ1v) is 20.3. The van der Waals surface area contributed by atoms with Gasteiger partial charge in [0.25, 0.3) is 11.1 Å². The number of aliphatic carboxylic acids is 1. The monoisotopic (exact) mass is 826 g/mol. The summed E-state index contributed by atoms with van der Waals surface area (Å²) in [6.45, 7) is 10.6. The molecule has 1 N–H and O–H groups in total. The normalized spacial score (nSPS) is 17.5. The first-order valence-electron chi connectivity index (χ1n) is 19.5. The van der Waals surface area contributed by atoms with Crippen LogP contribution < -0.4 is 11.1 Å². The Labute approximate surface area is 343 Å². The van der Waals surface area contributed by atoms with Crippen LogP contribution in [0.5, 0.6) is 0 Å². The van der Waals surface area contributed by atoms with Gasteiger partial charge >= 0.3 is 11.9 Å². The van der Waals surface area contributed by atoms with E-state index < -0.39 is 5.97 Å². The zero-order chi connectivity index (χ0) is 40.8. The van der Waals surface area contributed by atoms with Crippen LogP contribution in [0.4, 0.5) is 0 Å². The molecule has 2 aliphatic heterocycles. The van der Waals surface area contributed by atoms with E-state index in [1.807, 2.05) is 69.6 Å². The fourth-order valence-electron chi connectivity index (χ4n) is 8.30. The Bertz CT molecular complexity index is 2700. The van der Waals surface area contributed by atoms with E-state index in [1.165, 1.54) is 0 Å². The number of likely N-dealkylation sites (tertiary alicyclic amines) is 2. The van der Waals surface area contributed by atoms with Gasteiger partial charge in [-0.3, -0.25) is 19.2 Å². The number of carbonyl (C=O) groups is 2. The maximum Gasteiger partial charge on any atom is 0.310 e. The Balaban J connectivity index is 1.04. The van der Waals surface area contributed by atoms with Gasteiger partial charge in [-0.05, 0) is 58.8 Å². The average molecular weight is 828 g/mol. The number of carboxylic acids is 1. The Morgan fingerprint density at radius 1 is 0.724 bits per heavy atom. The number of fused-ring (bicyclic) bond motifs is 2. The summed E-state index contributed by atoms with van der Waals surface area (Å²) in [6.07, 6.45) is 4.99. The highest BCUT2D eigenvalue weighted by molar-refractivity contribution is 6.39. The number of esters is 1. The van der Waals surface area contributed by atoms with Crippen LogP contribution in [0, 0.1) is 25.7 Å². The van der Waals surface area contributed by atoms with Gasteiger partial charge in [-0.25, -0.2) is 9.03 Å². The lowest BCUT2D eigenvalue weighted by Gasteiger charge is -2.17. The molecule has 14 nitrogen and oxygen atoms in total. The first kappa shape index (κ1) is 39.5. The van der Waals surface area contributed by atoms with Gasteiger partial charge in [0.1, 0.15) is 11.0 Å². The van der Waals surface area contributed by atoms with Crippen molar-refractivity contribution in [2.45, 2.75) is 46.7 Å². The minimum Gasteiger partial charge on any atom is -0.481 e. The Morgan fingerprint density at radius 3 is 1.62 bits per heavy atom.